The molecule has 2 aromatic heterocycles. The Morgan fingerprint density at radius 1 is 1.12 bits per heavy atom. The lowest BCUT2D eigenvalue weighted by atomic mass is 9.93. The first-order valence-corrected chi connectivity index (χ1v) is 11.8. The van der Waals surface area contributed by atoms with Gasteiger partial charge in [-0.15, -0.1) is 0 Å². The summed E-state index contributed by atoms with van der Waals surface area (Å²) in [5.41, 5.74) is 1.72. The molecule has 0 saturated heterocycles. The van der Waals surface area contributed by atoms with Crippen LogP contribution in [0.25, 0.3) is 11.5 Å². The molecule has 0 unspecified atom stereocenters. The molecule has 172 valence electrons. The number of fused-ring (bicyclic) bond motifs is 1. The Labute approximate surface area is 193 Å². The number of nitrogens with zero attached hydrogens (tertiary/aromatic N) is 3. The summed E-state index contributed by atoms with van der Waals surface area (Å²) < 4.78 is 7.14. The molecule has 1 aliphatic carbocycles. The van der Waals surface area contributed by atoms with Gasteiger partial charge in [-0.1, -0.05) is 43.4 Å². The Morgan fingerprint density at radius 3 is 2.52 bits per heavy atom. The minimum Gasteiger partial charge on any atom is -0.463 e. The Morgan fingerprint density at radius 2 is 1.85 bits per heavy atom. The van der Waals surface area contributed by atoms with Crippen molar-refractivity contribution < 1.29 is 14.0 Å². The van der Waals surface area contributed by atoms with E-state index in [0.717, 1.165) is 31.2 Å². The van der Waals surface area contributed by atoms with Gasteiger partial charge in [-0.05, 0) is 51.0 Å². The monoisotopic (exact) mass is 446 g/mol. The summed E-state index contributed by atoms with van der Waals surface area (Å²) in [4.78, 5) is 29.2. The maximum Gasteiger partial charge on any atom is 0.277 e. The van der Waals surface area contributed by atoms with E-state index in [2.05, 4.69) is 10.4 Å². The van der Waals surface area contributed by atoms with E-state index in [-0.39, 0.29) is 24.4 Å². The SMILES string of the molecule is Cc1ccc(N2C(=O)c3cc(-c4ccco4)nn3C[C@@]2(C)C(=O)NC2CCCCCC2)cc1. The fourth-order valence-electron chi connectivity index (χ4n) is 4.99. The smallest absolute Gasteiger partial charge is 0.277 e. The van der Waals surface area contributed by atoms with Gasteiger partial charge in [-0.25, -0.2) is 0 Å². The van der Waals surface area contributed by atoms with E-state index in [0.29, 0.717) is 22.8 Å². The molecule has 2 amide bonds. The van der Waals surface area contributed by atoms with Crippen molar-refractivity contribution in [2.45, 2.75) is 70.5 Å². The molecular formula is C26H30N4O3. The quantitative estimate of drug-likeness (QED) is 0.589. The van der Waals surface area contributed by atoms with Crippen molar-refractivity contribution in [3.63, 3.8) is 0 Å². The second kappa shape index (κ2) is 8.54. The van der Waals surface area contributed by atoms with E-state index in [4.69, 9.17) is 4.42 Å². The zero-order valence-corrected chi connectivity index (χ0v) is 19.2. The summed E-state index contributed by atoms with van der Waals surface area (Å²) in [7, 11) is 0. The lowest BCUT2D eigenvalue weighted by Crippen LogP contribution is -2.65. The van der Waals surface area contributed by atoms with Crippen molar-refractivity contribution >= 4 is 17.5 Å². The second-order valence-corrected chi connectivity index (χ2v) is 9.46. The number of benzene rings is 1. The van der Waals surface area contributed by atoms with E-state index in [9.17, 15) is 9.59 Å². The van der Waals surface area contributed by atoms with Gasteiger partial charge in [-0.3, -0.25) is 19.2 Å². The Balaban J connectivity index is 1.54. The van der Waals surface area contributed by atoms with Crippen molar-refractivity contribution in [3.8, 4) is 11.5 Å². The van der Waals surface area contributed by atoms with Gasteiger partial charge in [0.2, 0.25) is 5.91 Å². The van der Waals surface area contributed by atoms with E-state index in [1.54, 1.807) is 28.0 Å². The minimum absolute atomic E-state index is 0.135. The number of aryl methyl sites for hydroxylation is 1. The van der Waals surface area contributed by atoms with Crippen molar-refractivity contribution in [3.05, 3.63) is 60.0 Å². The summed E-state index contributed by atoms with van der Waals surface area (Å²) >= 11 is 0. The number of nitrogens with one attached hydrogen (secondary N) is 1. The number of carbonyl (C=O) groups excluding carboxylic acids is 2. The molecule has 1 saturated carbocycles. The summed E-state index contributed by atoms with van der Waals surface area (Å²) in [6.07, 6.45) is 8.22. The van der Waals surface area contributed by atoms with E-state index >= 15 is 0 Å². The molecule has 0 bridgehead atoms. The Bertz CT molecular complexity index is 1140. The Kier molecular flexibility index (Phi) is 5.56. The first-order valence-electron chi connectivity index (χ1n) is 11.8. The molecule has 1 fully saturated rings. The lowest BCUT2D eigenvalue weighted by molar-refractivity contribution is -0.127. The molecule has 1 aromatic carbocycles. The van der Waals surface area contributed by atoms with Crippen LogP contribution in [0.15, 0.2) is 53.1 Å². The van der Waals surface area contributed by atoms with Crippen LogP contribution >= 0.6 is 0 Å². The number of furan rings is 1. The minimum atomic E-state index is -1.11. The molecule has 0 radical (unpaired) electrons. The van der Waals surface area contributed by atoms with Crippen LogP contribution in [0.1, 0.15) is 61.5 Å². The van der Waals surface area contributed by atoms with E-state index < -0.39 is 5.54 Å². The number of carbonyl (C=O) groups is 2. The summed E-state index contributed by atoms with van der Waals surface area (Å²) in [6.45, 7) is 4.11. The van der Waals surface area contributed by atoms with Crippen LogP contribution in [-0.4, -0.2) is 33.2 Å². The van der Waals surface area contributed by atoms with Crippen LogP contribution in [-0.2, 0) is 11.3 Å². The van der Waals surface area contributed by atoms with Gasteiger partial charge >= 0.3 is 0 Å². The highest BCUT2D eigenvalue weighted by molar-refractivity contribution is 6.12. The third kappa shape index (κ3) is 3.96. The number of anilines is 1. The normalized spacial score (nSPS) is 21.5. The van der Waals surface area contributed by atoms with Gasteiger partial charge in [0, 0.05) is 17.8 Å². The lowest BCUT2D eigenvalue weighted by Gasteiger charge is -2.43. The summed E-state index contributed by atoms with van der Waals surface area (Å²) in [5.74, 6) is 0.217. The number of hydrogen-bond acceptors (Lipinski definition) is 4. The van der Waals surface area contributed by atoms with Crippen LogP contribution in [0.5, 0.6) is 0 Å². The molecule has 1 atom stereocenters. The van der Waals surface area contributed by atoms with Gasteiger partial charge in [0.1, 0.15) is 16.9 Å². The van der Waals surface area contributed by atoms with Crippen LogP contribution in [0.4, 0.5) is 5.69 Å². The molecule has 3 aromatic rings. The molecule has 5 rings (SSSR count). The van der Waals surface area contributed by atoms with Crippen LogP contribution in [0.2, 0.25) is 0 Å². The van der Waals surface area contributed by atoms with Gasteiger partial charge in [-0.2, -0.15) is 5.10 Å². The van der Waals surface area contributed by atoms with Crippen LogP contribution in [0.3, 0.4) is 0 Å². The average molecular weight is 447 g/mol. The van der Waals surface area contributed by atoms with Crippen LogP contribution < -0.4 is 10.2 Å². The molecule has 0 spiro atoms. The average Bonchev–Trinajstić information content (AvgIpc) is 3.40. The molecular weight excluding hydrogens is 416 g/mol. The first kappa shape index (κ1) is 21.5. The molecule has 1 N–H and O–H groups in total. The second-order valence-electron chi connectivity index (χ2n) is 9.46. The Hall–Kier alpha value is -3.35. The largest absolute Gasteiger partial charge is 0.463 e. The predicted molar refractivity (Wildman–Crippen MR) is 126 cm³/mol. The number of rotatable bonds is 4. The van der Waals surface area contributed by atoms with E-state index in [1.807, 2.05) is 44.2 Å². The molecule has 3 heterocycles. The highest BCUT2D eigenvalue weighted by Gasteiger charge is 2.49. The maximum atomic E-state index is 13.8. The maximum absolute atomic E-state index is 13.8. The molecule has 7 nitrogen and oxygen atoms in total. The molecule has 7 heteroatoms. The molecule has 2 aliphatic rings. The standard InChI is InChI=1S/C26H30N4O3/c1-18-11-13-20(14-12-18)30-24(31)22-16-21(23-10-7-15-33-23)28-29(22)17-26(30,2)25(32)27-19-8-5-3-4-6-9-19/h7,10-16,19H,3-6,8-9,17H2,1-2H3,(H,27,32)/t26-/m0/s1. The highest BCUT2D eigenvalue weighted by Crippen LogP contribution is 2.34. The zero-order valence-electron chi connectivity index (χ0n) is 19.2. The van der Waals surface area contributed by atoms with Crippen LogP contribution in [0, 0.1) is 6.92 Å². The summed E-state index contributed by atoms with van der Waals surface area (Å²) in [6, 6.07) is 13.2. The van der Waals surface area contributed by atoms with E-state index in [1.165, 1.54) is 12.8 Å². The fraction of sp³-hybridized carbons (Fsp3) is 0.423. The predicted octanol–water partition coefficient (Wildman–Crippen LogP) is 4.71. The number of hydrogen-bond donors (Lipinski definition) is 1. The topological polar surface area (TPSA) is 80.4 Å². The van der Waals surface area contributed by atoms with Crippen molar-refractivity contribution in [2.24, 2.45) is 0 Å². The van der Waals surface area contributed by atoms with Crippen molar-refractivity contribution in [1.29, 1.82) is 0 Å². The van der Waals surface area contributed by atoms with Gasteiger partial charge < -0.3 is 9.73 Å². The van der Waals surface area contributed by atoms with Gasteiger partial charge in [0.25, 0.3) is 5.91 Å². The summed E-state index contributed by atoms with van der Waals surface area (Å²) in [5, 5.41) is 7.89. The zero-order chi connectivity index (χ0) is 23.0. The molecule has 1 aliphatic heterocycles. The number of amides is 2. The third-order valence-corrected chi connectivity index (χ3v) is 6.90. The molecule has 33 heavy (non-hydrogen) atoms. The van der Waals surface area contributed by atoms with Crippen molar-refractivity contribution in [2.75, 3.05) is 4.90 Å². The fourth-order valence-corrected chi connectivity index (χ4v) is 4.99. The number of aromatic nitrogens is 2. The first-order chi connectivity index (χ1) is 16.0. The van der Waals surface area contributed by atoms with Gasteiger partial charge in [0.05, 0.1) is 12.8 Å². The van der Waals surface area contributed by atoms with Gasteiger partial charge in [0.15, 0.2) is 5.76 Å². The highest BCUT2D eigenvalue weighted by atomic mass is 16.3. The van der Waals surface area contributed by atoms with Crippen molar-refractivity contribution in [1.82, 2.24) is 15.1 Å². The third-order valence-electron chi connectivity index (χ3n) is 6.90.